The van der Waals surface area contributed by atoms with Crippen molar-refractivity contribution in [3.8, 4) is 0 Å². The van der Waals surface area contributed by atoms with Gasteiger partial charge in [0.15, 0.2) is 0 Å². The van der Waals surface area contributed by atoms with E-state index in [1.54, 1.807) is 12.1 Å². The molecule has 3 aromatic rings. The Kier molecular flexibility index (Phi) is 6.00. The number of aliphatic hydroxyl groups excluding tert-OH is 1. The molecule has 114 valence electrons. The van der Waals surface area contributed by atoms with E-state index in [0.717, 1.165) is 16.5 Å². The average molecular weight is 313 g/mol. The molecule has 1 atom stereocenters. The lowest BCUT2D eigenvalue weighted by Crippen LogP contribution is -1.99. The summed E-state index contributed by atoms with van der Waals surface area (Å²) in [6.45, 7) is 4.25. The SMILES string of the molecule is CCC.OC(c1ccc(Cl)cc1)c1ccc2ccccc2c1. The van der Waals surface area contributed by atoms with Gasteiger partial charge in [0, 0.05) is 5.02 Å². The quantitative estimate of drug-likeness (QED) is 0.616. The topological polar surface area (TPSA) is 20.2 Å². The van der Waals surface area contributed by atoms with Crippen LogP contribution in [-0.4, -0.2) is 5.11 Å². The summed E-state index contributed by atoms with van der Waals surface area (Å²) in [6, 6.07) is 21.4. The summed E-state index contributed by atoms with van der Waals surface area (Å²) in [7, 11) is 0. The Morgan fingerprint density at radius 2 is 1.36 bits per heavy atom. The smallest absolute Gasteiger partial charge is 0.104 e. The van der Waals surface area contributed by atoms with Crippen molar-refractivity contribution in [3.05, 3.63) is 82.9 Å². The van der Waals surface area contributed by atoms with Crippen LogP contribution >= 0.6 is 11.6 Å². The van der Waals surface area contributed by atoms with Gasteiger partial charge >= 0.3 is 0 Å². The van der Waals surface area contributed by atoms with Gasteiger partial charge in [0.05, 0.1) is 0 Å². The van der Waals surface area contributed by atoms with Crippen LogP contribution in [0.15, 0.2) is 66.7 Å². The molecule has 1 N–H and O–H groups in total. The highest BCUT2D eigenvalue weighted by Crippen LogP contribution is 2.26. The number of hydrogen-bond donors (Lipinski definition) is 1. The molecule has 0 aliphatic heterocycles. The second-order valence-corrected chi connectivity index (χ2v) is 5.70. The number of benzene rings is 3. The fraction of sp³-hybridized carbons (Fsp3) is 0.200. The van der Waals surface area contributed by atoms with Crippen molar-refractivity contribution >= 4 is 22.4 Å². The minimum absolute atomic E-state index is 0.623. The van der Waals surface area contributed by atoms with Crippen molar-refractivity contribution in [3.63, 3.8) is 0 Å². The molecule has 0 saturated heterocycles. The zero-order valence-corrected chi connectivity index (χ0v) is 13.7. The van der Waals surface area contributed by atoms with Gasteiger partial charge in [-0.25, -0.2) is 0 Å². The minimum atomic E-state index is -0.623. The molecule has 0 saturated carbocycles. The number of rotatable bonds is 2. The van der Waals surface area contributed by atoms with E-state index in [2.05, 4.69) is 19.9 Å². The molecule has 3 rings (SSSR count). The third kappa shape index (κ3) is 4.09. The van der Waals surface area contributed by atoms with Gasteiger partial charge in [0.1, 0.15) is 6.10 Å². The highest BCUT2D eigenvalue weighted by atomic mass is 35.5. The zero-order chi connectivity index (χ0) is 15.9. The van der Waals surface area contributed by atoms with E-state index < -0.39 is 6.10 Å². The Morgan fingerprint density at radius 3 is 2.00 bits per heavy atom. The molecule has 22 heavy (non-hydrogen) atoms. The molecular formula is C20H21ClO. The van der Waals surface area contributed by atoms with Crippen molar-refractivity contribution in [2.24, 2.45) is 0 Å². The van der Waals surface area contributed by atoms with E-state index in [4.69, 9.17) is 11.6 Å². The Morgan fingerprint density at radius 1 is 0.818 bits per heavy atom. The van der Waals surface area contributed by atoms with E-state index in [9.17, 15) is 5.11 Å². The predicted molar refractivity (Wildman–Crippen MR) is 95.4 cm³/mol. The highest BCUT2D eigenvalue weighted by molar-refractivity contribution is 6.30. The van der Waals surface area contributed by atoms with E-state index in [0.29, 0.717) is 5.02 Å². The van der Waals surface area contributed by atoms with Gasteiger partial charge in [-0.05, 0) is 40.1 Å². The van der Waals surface area contributed by atoms with Crippen LogP contribution in [0.3, 0.4) is 0 Å². The van der Waals surface area contributed by atoms with Crippen LogP contribution in [0.5, 0.6) is 0 Å². The lowest BCUT2D eigenvalue weighted by Gasteiger charge is -2.12. The first-order valence-electron chi connectivity index (χ1n) is 7.58. The molecule has 0 bridgehead atoms. The molecule has 0 aliphatic carbocycles. The van der Waals surface area contributed by atoms with Crippen LogP contribution in [0.25, 0.3) is 10.8 Å². The fourth-order valence-electron chi connectivity index (χ4n) is 2.22. The Balaban J connectivity index is 0.000000545. The maximum absolute atomic E-state index is 10.4. The van der Waals surface area contributed by atoms with Crippen molar-refractivity contribution in [1.29, 1.82) is 0 Å². The zero-order valence-electron chi connectivity index (χ0n) is 13.0. The molecule has 0 aromatic heterocycles. The Hall–Kier alpha value is -1.83. The fourth-order valence-corrected chi connectivity index (χ4v) is 2.34. The normalized spacial score (nSPS) is 11.6. The van der Waals surface area contributed by atoms with Gasteiger partial charge in [-0.1, -0.05) is 80.4 Å². The number of aliphatic hydroxyl groups is 1. The summed E-state index contributed by atoms with van der Waals surface area (Å²) in [5.41, 5.74) is 1.74. The second kappa shape index (κ2) is 7.98. The number of fused-ring (bicyclic) bond motifs is 1. The lowest BCUT2D eigenvalue weighted by atomic mass is 9.99. The van der Waals surface area contributed by atoms with Gasteiger partial charge < -0.3 is 5.11 Å². The molecule has 3 aromatic carbocycles. The van der Waals surface area contributed by atoms with E-state index >= 15 is 0 Å². The van der Waals surface area contributed by atoms with Gasteiger partial charge in [-0.2, -0.15) is 0 Å². The van der Waals surface area contributed by atoms with Crippen LogP contribution in [0.4, 0.5) is 0 Å². The predicted octanol–water partition coefficient (Wildman–Crippen LogP) is 5.99. The lowest BCUT2D eigenvalue weighted by molar-refractivity contribution is 0.220. The largest absolute Gasteiger partial charge is 0.384 e. The summed E-state index contributed by atoms with van der Waals surface area (Å²) >= 11 is 5.86. The minimum Gasteiger partial charge on any atom is -0.384 e. The molecule has 0 heterocycles. The first kappa shape index (κ1) is 16.5. The molecular weight excluding hydrogens is 292 g/mol. The summed E-state index contributed by atoms with van der Waals surface area (Å²) < 4.78 is 0. The maximum atomic E-state index is 10.4. The van der Waals surface area contributed by atoms with Crippen molar-refractivity contribution in [2.75, 3.05) is 0 Å². The summed E-state index contributed by atoms with van der Waals surface area (Å²) in [4.78, 5) is 0. The standard InChI is InChI=1S/C17H13ClO.C3H8/c18-16-9-7-13(8-10-16)17(19)15-6-5-12-3-1-2-4-14(12)11-15;1-3-2/h1-11,17,19H;3H2,1-2H3. The summed E-state index contributed by atoms with van der Waals surface area (Å²) in [5, 5.41) is 13.4. The maximum Gasteiger partial charge on any atom is 0.104 e. The van der Waals surface area contributed by atoms with E-state index in [-0.39, 0.29) is 0 Å². The van der Waals surface area contributed by atoms with Crippen LogP contribution < -0.4 is 0 Å². The van der Waals surface area contributed by atoms with E-state index in [1.165, 1.54) is 11.8 Å². The Labute approximate surface area is 137 Å². The van der Waals surface area contributed by atoms with Crippen LogP contribution in [-0.2, 0) is 0 Å². The molecule has 1 nitrogen and oxygen atoms in total. The molecule has 2 heteroatoms. The van der Waals surface area contributed by atoms with Crippen molar-refractivity contribution in [1.82, 2.24) is 0 Å². The summed E-state index contributed by atoms with van der Waals surface area (Å²) in [6.07, 6.45) is 0.627. The molecule has 0 fully saturated rings. The molecule has 0 radical (unpaired) electrons. The Bertz CT molecular complexity index is 719. The highest BCUT2D eigenvalue weighted by Gasteiger charge is 2.10. The van der Waals surface area contributed by atoms with Crippen LogP contribution in [0, 0.1) is 0 Å². The van der Waals surface area contributed by atoms with Crippen molar-refractivity contribution in [2.45, 2.75) is 26.4 Å². The van der Waals surface area contributed by atoms with Crippen LogP contribution in [0.1, 0.15) is 37.5 Å². The first-order chi connectivity index (χ1) is 10.7. The van der Waals surface area contributed by atoms with Gasteiger partial charge in [-0.3, -0.25) is 0 Å². The number of hydrogen-bond acceptors (Lipinski definition) is 1. The van der Waals surface area contributed by atoms with Gasteiger partial charge in [0.25, 0.3) is 0 Å². The van der Waals surface area contributed by atoms with Gasteiger partial charge in [-0.15, -0.1) is 0 Å². The molecule has 1 unspecified atom stereocenters. The van der Waals surface area contributed by atoms with Gasteiger partial charge in [0.2, 0.25) is 0 Å². The monoisotopic (exact) mass is 312 g/mol. The second-order valence-electron chi connectivity index (χ2n) is 5.27. The third-order valence-corrected chi connectivity index (χ3v) is 3.53. The number of halogens is 1. The summed E-state index contributed by atoms with van der Waals surface area (Å²) in [5.74, 6) is 0. The van der Waals surface area contributed by atoms with E-state index in [1.807, 2.05) is 48.5 Å². The molecule has 0 aliphatic rings. The molecule has 0 amide bonds. The third-order valence-electron chi connectivity index (χ3n) is 3.28. The van der Waals surface area contributed by atoms with Crippen LogP contribution in [0.2, 0.25) is 5.02 Å². The molecule has 0 spiro atoms. The first-order valence-corrected chi connectivity index (χ1v) is 7.95. The van der Waals surface area contributed by atoms with Crippen molar-refractivity contribution < 1.29 is 5.11 Å². The average Bonchev–Trinajstić information content (AvgIpc) is 2.55.